The summed E-state index contributed by atoms with van der Waals surface area (Å²) < 4.78 is 5.39. The van der Waals surface area contributed by atoms with Crippen molar-refractivity contribution in [3.63, 3.8) is 0 Å². The molecule has 0 aromatic heterocycles. The van der Waals surface area contributed by atoms with Gasteiger partial charge in [-0.2, -0.15) is 0 Å². The lowest BCUT2D eigenvalue weighted by Gasteiger charge is -2.34. The first-order valence-electron chi connectivity index (χ1n) is 8.36. The van der Waals surface area contributed by atoms with Crippen LogP contribution in [-0.4, -0.2) is 55.5 Å². The Morgan fingerprint density at radius 3 is 2.59 bits per heavy atom. The smallest absolute Gasteiger partial charge is 0.222 e. The molecule has 0 spiro atoms. The number of ether oxygens (including phenoxy) is 1. The molecule has 1 heterocycles. The predicted octanol–water partition coefficient (Wildman–Crippen LogP) is 2.57. The largest absolute Gasteiger partial charge is 0.496 e. The number of aryl methyl sites for hydroxylation is 1. The number of hydrogen-bond acceptors (Lipinski definition) is 3. The number of carbonyl (C=O) groups is 1. The van der Waals surface area contributed by atoms with E-state index < -0.39 is 0 Å². The normalized spacial score (nSPS) is 15.8. The summed E-state index contributed by atoms with van der Waals surface area (Å²) in [6, 6.07) is 8.23. The molecule has 1 aliphatic rings. The molecule has 4 nitrogen and oxygen atoms in total. The molecular weight excluding hydrogens is 276 g/mol. The molecule has 0 N–H and O–H groups in total. The fourth-order valence-electron chi connectivity index (χ4n) is 3.00. The fraction of sp³-hybridized carbons (Fsp3) is 0.611. The highest BCUT2D eigenvalue weighted by Gasteiger charge is 2.19. The van der Waals surface area contributed by atoms with Crippen LogP contribution < -0.4 is 4.74 Å². The van der Waals surface area contributed by atoms with Gasteiger partial charge in [0, 0.05) is 32.6 Å². The summed E-state index contributed by atoms with van der Waals surface area (Å²) in [5, 5.41) is 0. The first-order chi connectivity index (χ1) is 10.7. The van der Waals surface area contributed by atoms with Crippen molar-refractivity contribution < 1.29 is 9.53 Å². The van der Waals surface area contributed by atoms with Gasteiger partial charge in [0.2, 0.25) is 5.91 Å². The van der Waals surface area contributed by atoms with Gasteiger partial charge in [-0.05, 0) is 37.4 Å². The number of methoxy groups -OCH3 is 1. The zero-order chi connectivity index (χ0) is 15.8. The van der Waals surface area contributed by atoms with Gasteiger partial charge in [-0.15, -0.1) is 0 Å². The van der Waals surface area contributed by atoms with Crippen LogP contribution in [0.15, 0.2) is 24.3 Å². The first kappa shape index (κ1) is 16.8. The van der Waals surface area contributed by atoms with E-state index in [1.54, 1.807) is 7.11 Å². The van der Waals surface area contributed by atoms with Gasteiger partial charge < -0.3 is 9.64 Å². The Morgan fingerprint density at radius 2 is 1.91 bits per heavy atom. The second-order valence-electron chi connectivity index (χ2n) is 5.89. The molecule has 1 saturated heterocycles. The van der Waals surface area contributed by atoms with E-state index >= 15 is 0 Å². The molecule has 1 aliphatic heterocycles. The minimum absolute atomic E-state index is 0.316. The van der Waals surface area contributed by atoms with E-state index in [1.165, 1.54) is 5.56 Å². The van der Waals surface area contributed by atoms with Gasteiger partial charge in [0.05, 0.1) is 7.11 Å². The molecular formula is C18H28N2O2. The lowest BCUT2D eigenvalue weighted by atomic mass is 10.1. The molecule has 4 heteroatoms. The van der Waals surface area contributed by atoms with Crippen molar-refractivity contribution in [1.29, 1.82) is 0 Å². The molecule has 1 fully saturated rings. The van der Waals surface area contributed by atoms with Crippen molar-refractivity contribution in [2.45, 2.75) is 32.6 Å². The number of nitrogens with zero attached hydrogens (tertiary/aromatic N) is 2. The van der Waals surface area contributed by atoms with Crippen molar-refractivity contribution in [2.24, 2.45) is 0 Å². The minimum atomic E-state index is 0.316. The van der Waals surface area contributed by atoms with E-state index in [0.29, 0.717) is 12.3 Å². The lowest BCUT2D eigenvalue weighted by molar-refractivity contribution is -0.132. The van der Waals surface area contributed by atoms with Gasteiger partial charge in [0.1, 0.15) is 5.75 Å². The van der Waals surface area contributed by atoms with Crippen molar-refractivity contribution in [1.82, 2.24) is 9.80 Å². The zero-order valence-corrected chi connectivity index (χ0v) is 13.9. The van der Waals surface area contributed by atoms with Crippen LogP contribution in [-0.2, 0) is 11.2 Å². The number of carbonyl (C=O) groups excluding carboxylic acids is 1. The van der Waals surface area contributed by atoms with Crippen molar-refractivity contribution in [2.75, 3.05) is 39.8 Å². The van der Waals surface area contributed by atoms with Crippen LogP contribution in [0.25, 0.3) is 0 Å². The molecule has 22 heavy (non-hydrogen) atoms. The van der Waals surface area contributed by atoms with Crippen LogP contribution in [0.3, 0.4) is 0 Å². The van der Waals surface area contributed by atoms with E-state index in [9.17, 15) is 4.79 Å². The number of piperazine rings is 1. The topological polar surface area (TPSA) is 32.8 Å². The Labute approximate surface area is 134 Å². The van der Waals surface area contributed by atoms with Gasteiger partial charge >= 0.3 is 0 Å². The second-order valence-corrected chi connectivity index (χ2v) is 5.89. The van der Waals surface area contributed by atoms with E-state index in [4.69, 9.17) is 4.74 Å². The summed E-state index contributed by atoms with van der Waals surface area (Å²) in [7, 11) is 1.73. The van der Waals surface area contributed by atoms with Crippen molar-refractivity contribution in [3.8, 4) is 5.75 Å². The first-order valence-corrected chi connectivity index (χ1v) is 8.36. The summed E-state index contributed by atoms with van der Waals surface area (Å²) in [6.07, 6.45) is 3.80. The summed E-state index contributed by atoms with van der Waals surface area (Å²) >= 11 is 0. The maximum Gasteiger partial charge on any atom is 0.222 e. The molecule has 1 aromatic rings. The quantitative estimate of drug-likeness (QED) is 0.776. The average molecular weight is 304 g/mol. The van der Waals surface area contributed by atoms with Crippen LogP contribution in [0, 0.1) is 0 Å². The molecule has 0 unspecified atom stereocenters. The number of benzene rings is 1. The third kappa shape index (κ3) is 4.73. The van der Waals surface area contributed by atoms with Crippen molar-refractivity contribution >= 4 is 5.91 Å². The molecule has 0 atom stereocenters. The highest BCUT2D eigenvalue weighted by molar-refractivity contribution is 5.76. The van der Waals surface area contributed by atoms with E-state index in [0.717, 1.165) is 57.7 Å². The number of rotatable bonds is 7. The average Bonchev–Trinajstić information content (AvgIpc) is 2.56. The highest BCUT2D eigenvalue weighted by Crippen LogP contribution is 2.19. The predicted molar refractivity (Wildman–Crippen MR) is 89.2 cm³/mol. The molecule has 2 rings (SSSR count). The Bertz CT molecular complexity index is 468. The second kappa shape index (κ2) is 8.79. The number of amides is 1. The zero-order valence-electron chi connectivity index (χ0n) is 13.9. The van der Waals surface area contributed by atoms with Crippen molar-refractivity contribution in [3.05, 3.63) is 29.8 Å². The Kier molecular flexibility index (Phi) is 6.72. The van der Waals surface area contributed by atoms with Gasteiger partial charge in [-0.3, -0.25) is 9.69 Å². The lowest BCUT2D eigenvalue weighted by Crippen LogP contribution is -2.48. The van der Waals surface area contributed by atoms with Gasteiger partial charge in [-0.1, -0.05) is 25.1 Å². The maximum absolute atomic E-state index is 11.9. The van der Waals surface area contributed by atoms with Gasteiger partial charge in [0.15, 0.2) is 0 Å². The Morgan fingerprint density at radius 1 is 1.18 bits per heavy atom. The summed E-state index contributed by atoms with van der Waals surface area (Å²) in [4.78, 5) is 16.3. The van der Waals surface area contributed by atoms with Crippen LogP contribution in [0.4, 0.5) is 0 Å². The standard InChI is InChI=1S/C18H28N2O2/c1-3-7-18(21)20-14-12-19(13-15-20)11-6-9-16-8-4-5-10-17(16)22-2/h4-5,8,10H,3,6-7,9,11-15H2,1-2H3. The summed E-state index contributed by atoms with van der Waals surface area (Å²) in [5.41, 5.74) is 1.28. The molecule has 1 aromatic carbocycles. The number of para-hydroxylation sites is 1. The highest BCUT2D eigenvalue weighted by atomic mass is 16.5. The fourth-order valence-corrected chi connectivity index (χ4v) is 3.00. The third-order valence-corrected chi connectivity index (χ3v) is 4.30. The minimum Gasteiger partial charge on any atom is -0.496 e. The SMILES string of the molecule is CCCC(=O)N1CCN(CCCc2ccccc2OC)CC1. The summed E-state index contributed by atoms with van der Waals surface area (Å²) in [5.74, 6) is 1.30. The van der Waals surface area contributed by atoms with Crippen LogP contribution in [0.2, 0.25) is 0 Å². The molecule has 0 saturated carbocycles. The van der Waals surface area contributed by atoms with Crippen LogP contribution in [0.1, 0.15) is 31.7 Å². The monoisotopic (exact) mass is 304 g/mol. The molecule has 0 radical (unpaired) electrons. The van der Waals surface area contributed by atoms with E-state index in [1.807, 2.05) is 17.0 Å². The van der Waals surface area contributed by atoms with Crippen LogP contribution in [0.5, 0.6) is 5.75 Å². The molecule has 122 valence electrons. The number of hydrogen-bond donors (Lipinski definition) is 0. The van der Waals surface area contributed by atoms with Gasteiger partial charge in [-0.25, -0.2) is 0 Å². The summed E-state index contributed by atoms with van der Waals surface area (Å²) in [6.45, 7) is 6.92. The molecule has 1 amide bonds. The Balaban J connectivity index is 1.70. The molecule has 0 bridgehead atoms. The maximum atomic E-state index is 11.9. The third-order valence-electron chi connectivity index (χ3n) is 4.30. The van der Waals surface area contributed by atoms with E-state index in [2.05, 4.69) is 24.0 Å². The van der Waals surface area contributed by atoms with Crippen LogP contribution >= 0.6 is 0 Å². The van der Waals surface area contributed by atoms with Gasteiger partial charge in [0.25, 0.3) is 0 Å². The van der Waals surface area contributed by atoms with E-state index in [-0.39, 0.29) is 0 Å². The molecule has 0 aliphatic carbocycles. The Hall–Kier alpha value is -1.55.